The number of carbonyl (C=O) groups excluding carboxylic acids is 1. The number of urea groups is 1. The van der Waals surface area contributed by atoms with E-state index < -0.39 is 12.0 Å². The lowest BCUT2D eigenvalue weighted by Crippen LogP contribution is -2.35. The summed E-state index contributed by atoms with van der Waals surface area (Å²) >= 11 is 0. The summed E-state index contributed by atoms with van der Waals surface area (Å²) in [6.07, 6.45) is 0.425. The monoisotopic (exact) mass is 242 g/mol. The molecule has 1 aromatic heterocycles. The first kappa shape index (κ1) is 12.9. The van der Waals surface area contributed by atoms with Gasteiger partial charge in [0.25, 0.3) is 0 Å². The van der Waals surface area contributed by atoms with Gasteiger partial charge in [0.1, 0.15) is 0 Å². The van der Waals surface area contributed by atoms with Crippen molar-refractivity contribution >= 4 is 12.0 Å². The number of carboxylic acid groups (broad SMARTS) is 1. The van der Waals surface area contributed by atoms with Crippen molar-refractivity contribution in [3.05, 3.63) is 11.7 Å². The maximum absolute atomic E-state index is 11.2. The molecule has 1 aromatic rings. The zero-order chi connectivity index (χ0) is 12.7. The highest BCUT2D eigenvalue weighted by atomic mass is 16.5. The lowest BCUT2D eigenvalue weighted by Gasteiger charge is -2.04. The summed E-state index contributed by atoms with van der Waals surface area (Å²) in [6.45, 7) is 2.13. The van der Waals surface area contributed by atoms with Crippen LogP contribution >= 0.6 is 0 Å². The number of aliphatic carboxylic acids is 1. The molecule has 0 fully saturated rings. The fourth-order valence-electron chi connectivity index (χ4n) is 1.08. The van der Waals surface area contributed by atoms with Crippen LogP contribution in [0.2, 0.25) is 0 Å². The second-order valence-corrected chi connectivity index (χ2v) is 3.34. The number of nitrogens with one attached hydrogen (secondary N) is 2. The minimum atomic E-state index is -0.880. The molecule has 17 heavy (non-hydrogen) atoms. The molecule has 2 amide bonds. The maximum atomic E-state index is 11.2. The molecule has 0 aliphatic carbocycles. The fraction of sp³-hybridized carbons (Fsp3) is 0.556. The molecule has 0 aliphatic rings. The van der Waals surface area contributed by atoms with E-state index in [2.05, 4.69) is 20.8 Å². The second kappa shape index (κ2) is 6.46. The van der Waals surface area contributed by atoms with Gasteiger partial charge in [-0.3, -0.25) is 4.79 Å². The molecule has 0 aliphatic heterocycles. The first-order valence-corrected chi connectivity index (χ1v) is 5.10. The molecule has 0 unspecified atom stereocenters. The zero-order valence-corrected chi connectivity index (χ0v) is 9.39. The lowest BCUT2D eigenvalue weighted by molar-refractivity contribution is -0.137. The van der Waals surface area contributed by atoms with Gasteiger partial charge in [-0.1, -0.05) is 5.16 Å². The van der Waals surface area contributed by atoms with E-state index in [0.29, 0.717) is 24.7 Å². The topological polar surface area (TPSA) is 117 Å². The first-order chi connectivity index (χ1) is 8.08. The molecule has 3 N–H and O–H groups in total. The molecule has 0 bridgehead atoms. The molecule has 0 spiro atoms. The highest BCUT2D eigenvalue weighted by molar-refractivity contribution is 5.73. The van der Waals surface area contributed by atoms with Crippen molar-refractivity contribution < 1.29 is 19.2 Å². The highest BCUT2D eigenvalue weighted by Gasteiger charge is 2.05. The molecule has 8 heteroatoms. The first-order valence-electron chi connectivity index (χ1n) is 5.10. The molecule has 0 saturated heterocycles. The second-order valence-electron chi connectivity index (χ2n) is 3.34. The summed E-state index contributed by atoms with van der Waals surface area (Å²) in [4.78, 5) is 25.3. The number of carbonyl (C=O) groups is 2. The Morgan fingerprint density at radius 2 is 2.18 bits per heavy atom. The van der Waals surface area contributed by atoms with Crippen LogP contribution in [0.4, 0.5) is 4.79 Å². The van der Waals surface area contributed by atoms with E-state index in [4.69, 9.17) is 9.63 Å². The van der Waals surface area contributed by atoms with Gasteiger partial charge in [0.15, 0.2) is 5.82 Å². The van der Waals surface area contributed by atoms with E-state index in [1.807, 2.05) is 0 Å². The third kappa shape index (κ3) is 5.50. The fourth-order valence-corrected chi connectivity index (χ4v) is 1.08. The van der Waals surface area contributed by atoms with Crippen LogP contribution < -0.4 is 10.6 Å². The van der Waals surface area contributed by atoms with E-state index >= 15 is 0 Å². The summed E-state index contributed by atoms with van der Waals surface area (Å²) in [6, 6.07) is -0.391. The van der Waals surface area contributed by atoms with E-state index in [0.717, 1.165) is 0 Å². The normalized spacial score (nSPS) is 9.94. The van der Waals surface area contributed by atoms with E-state index in [1.54, 1.807) is 6.92 Å². The molecule has 1 heterocycles. The molecule has 0 aromatic carbocycles. The standard InChI is InChI=1S/C9H14N4O4/c1-6-12-7(13-17-6)5-11-9(16)10-4-2-3-8(14)15/h2-5H2,1H3,(H,14,15)(H2,10,11,16). The van der Waals surface area contributed by atoms with E-state index in [-0.39, 0.29) is 13.0 Å². The van der Waals surface area contributed by atoms with Crippen molar-refractivity contribution in [3.63, 3.8) is 0 Å². The van der Waals surface area contributed by atoms with Gasteiger partial charge in [0, 0.05) is 19.9 Å². The van der Waals surface area contributed by atoms with Crippen LogP contribution in [0.1, 0.15) is 24.6 Å². The Labute approximate surface area is 97.4 Å². The largest absolute Gasteiger partial charge is 0.481 e. The SMILES string of the molecule is Cc1nc(CNC(=O)NCCCC(=O)O)no1. The van der Waals surface area contributed by atoms with Gasteiger partial charge >= 0.3 is 12.0 Å². The predicted octanol–water partition coefficient (Wildman–Crippen LogP) is 0.0420. The third-order valence-electron chi connectivity index (χ3n) is 1.83. The number of aryl methyl sites for hydroxylation is 1. The summed E-state index contributed by atoms with van der Waals surface area (Å²) in [5.41, 5.74) is 0. The van der Waals surface area contributed by atoms with E-state index in [1.165, 1.54) is 0 Å². The Balaban J connectivity index is 2.11. The quantitative estimate of drug-likeness (QED) is 0.606. The lowest BCUT2D eigenvalue weighted by atomic mass is 10.3. The summed E-state index contributed by atoms with van der Waals surface area (Å²) in [5, 5.41) is 17.0. The Bertz CT molecular complexity index is 390. The predicted molar refractivity (Wildman–Crippen MR) is 56.1 cm³/mol. The number of rotatable bonds is 6. The van der Waals surface area contributed by atoms with Gasteiger partial charge in [0.2, 0.25) is 5.89 Å². The van der Waals surface area contributed by atoms with Crippen LogP contribution in [0, 0.1) is 6.92 Å². The van der Waals surface area contributed by atoms with Crippen LogP contribution in [0.3, 0.4) is 0 Å². The van der Waals surface area contributed by atoms with Crippen molar-refractivity contribution in [2.75, 3.05) is 6.54 Å². The number of aromatic nitrogens is 2. The molecule has 8 nitrogen and oxygen atoms in total. The van der Waals surface area contributed by atoms with Crippen molar-refractivity contribution in [3.8, 4) is 0 Å². The molecule has 1 rings (SSSR count). The van der Waals surface area contributed by atoms with Gasteiger partial charge < -0.3 is 20.3 Å². The number of nitrogens with zero attached hydrogens (tertiary/aromatic N) is 2. The Hall–Kier alpha value is -2.12. The van der Waals surface area contributed by atoms with Crippen molar-refractivity contribution in [1.29, 1.82) is 0 Å². The average molecular weight is 242 g/mol. The number of carboxylic acids is 1. The minimum Gasteiger partial charge on any atom is -0.481 e. The van der Waals surface area contributed by atoms with Gasteiger partial charge in [-0.2, -0.15) is 4.98 Å². The van der Waals surface area contributed by atoms with Crippen molar-refractivity contribution in [2.24, 2.45) is 0 Å². The molecule has 94 valence electrons. The van der Waals surface area contributed by atoms with Crippen molar-refractivity contribution in [2.45, 2.75) is 26.3 Å². The minimum absolute atomic E-state index is 0.0321. The van der Waals surface area contributed by atoms with Gasteiger partial charge in [-0.25, -0.2) is 4.79 Å². The van der Waals surface area contributed by atoms with Crippen LogP contribution in [-0.2, 0) is 11.3 Å². The third-order valence-corrected chi connectivity index (χ3v) is 1.83. The van der Waals surface area contributed by atoms with Gasteiger partial charge in [-0.05, 0) is 6.42 Å². The van der Waals surface area contributed by atoms with Crippen LogP contribution in [0.5, 0.6) is 0 Å². The Kier molecular flexibility index (Phi) is 4.92. The Morgan fingerprint density at radius 1 is 1.41 bits per heavy atom. The molecule has 0 radical (unpaired) electrons. The Morgan fingerprint density at radius 3 is 2.76 bits per heavy atom. The number of hydrogen-bond donors (Lipinski definition) is 3. The highest BCUT2D eigenvalue weighted by Crippen LogP contribution is 1.93. The van der Waals surface area contributed by atoms with Crippen LogP contribution in [-0.4, -0.2) is 33.8 Å². The van der Waals surface area contributed by atoms with Crippen molar-refractivity contribution in [1.82, 2.24) is 20.8 Å². The molecular weight excluding hydrogens is 228 g/mol. The summed E-state index contributed by atoms with van der Waals surface area (Å²) in [7, 11) is 0. The summed E-state index contributed by atoms with van der Waals surface area (Å²) in [5.74, 6) is -0.0543. The zero-order valence-electron chi connectivity index (χ0n) is 9.39. The van der Waals surface area contributed by atoms with Crippen LogP contribution in [0.15, 0.2) is 4.52 Å². The number of amides is 2. The molecule has 0 saturated carbocycles. The average Bonchev–Trinajstić information content (AvgIpc) is 2.67. The maximum Gasteiger partial charge on any atom is 0.315 e. The number of hydrogen-bond acceptors (Lipinski definition) is 5. The molecular formula is C9H14N4O4. The van der Waals surface area contributed by atoms with Crippen LogP contribution in [0.25, 0.3) is 0 Å². The summed E-state index contributed by atoms with van der Waals surface area (Å²) < 4.78 is 4.72. The molecule has 0 atom stereocenters. The van der Waals surface area contributed by atoms with Gasteiger partial charge in [-0.15, -0.1) is 0 Å². The van der Waals surface area contributed by atoms with E-state index in [9.17, 15) is 9.59 Å². The smallest absolute Gasteiger partial charge is 0.315 e. The van der Waals surface area contributed by atoms with Gasteiger partial charge in [0.05, 0.1) is 6.54 Å².